The first-order valence-corrected chi connectivity index (χ1v) is 9.13. The zero-order valence-electron chi connectivity index (χ0n) is 15.6. The molecule has 0 aliphatic carbocycles. The lowest BCUT2D eigenvalue weighted by Gasteiger charge is -2.20. The number of rotatable bonds is 6. The molecule has 138 valence electrons. The summed E-state index contributed by atoms with van der Waals surface area (Å²) in [4.78, 5) is 24.5. The third-order valence-corrected chi connectivity index (χ3v) is 4.41. The van der Waals surface area contributed by atoms with Crippen LogP contribution in [0.2, 0.25) is 5.02 Å². The molecule has 0 bridgehead atoms. The average molecular weight is 373 g/mol. The molecule has 4 nitrogen and oxygen atoms in total. The number of nitrogens with one attached hydrogen (secondary N) is 2. The zero-order chi connectivity index (χ0) is 19.3. The molecule has 2 aromatic rings. The monoisotopic (exact) mass is 372 g/mol. The number of hydrogen-bond acceptors (Lipinski definition) is 2. The van der Waals surface area contributed by atoms with Gasteiger partial charge in [-0.15, -0.1) is 0 Å². The fourth-order valence-electron chi connectivity index (χ4n) is 2.74. The molecule has 0 radical (unpaired) electrons. The number of anilines is 1. The fourth-order valence-corrected chi connectivity index (χ4v) is 2.87. The summed E-state index contributed by atoms with van der Waals surface area (Å²) in [6.07, 6.45) is 0. The maximum absolute atomic E-state index is 12.4. The van der Waals surface area contributed by atoms with Gasteiger partial charge >= 0.3 is 0 Å². The van der Waals surface area contributed by atoms with Crippen LogP contribution in [0.15, 0.2) is 42.5 Å². The Balaban J connectivity index is 2.08. The Hall–Kier alpha value is -2.33. The second-order valence-corrected chi connectivity index (χ2v) is 7.30. The van der Waals surface area contributed by atoms with Crippen LogP contribution in [0.3, 0.4) is 0 Å². The maximum Gasteiger partial charge on any atom is 0.251 e. The standard InChI is InChI=1S/C21H25ClN2O2/c1-13(2)17-6-5-7-18(14(3)4)20(17)24-19(25)12-23-21(26)15-8-10-16(22)11-9-15/h5-11,13-14H,12H2,1-4H3,(H,23,26)(H,24,25). The van der Waals surface area contributed by atoms with Crippen molar-refractivity contribution in [3.63, 3.8) is 0 Å². The number of amides is 2. The van der Waals surface area contributed by atoms with Crippen molar-refractivity contribution < 1.29 is 9.59 Å². The van der Waals surface area contributed by atoms with Gasteiger partial charge in [-0.3, -0.25) is 9.59 Å². The van der Waals surface area contributed by atoms with E-state index in [1.54, 1.807) is 24.3 Å². The summed E-state index contributed by atoms with van der Waals surface area (Å²) in [5.74, 6) is 0.0145. The Morgan fingerprint density at radius 3 is 1.96 bits per heavy atom. The molecule has 0 heterocycles. The van der Waals surface area contributed by atoms with Crippen LogP contribution in [0.25, 0.3) is 0 Å². The molecule has 2 N–H and O–H groups in total. The van der Waals surface area contributed by atoms with Gasteiger partial charge in [0.1, 0.15) is 0 Å². The van der Waals surface area contributed by atoms with Crippen molar-refractivity contribution in [1.82, 2.24) is 5.32 Å². The average Bonchev–Trinajstić information content (AvgIpc) is 2.60. The number of carbonyl (C=O) groups is 2. The first kappa shape index (κ1) is 20.0. The Kier molecular flexibility index (Phi) is 6.81. The van der Waals surface area contributed by atoms with Gasteiger partial charge in [0, 0.05) is 16.3 Å². The summed E-state index contributed by atoms with van der Waals surface area (Å²) in [5, 5.41) is 6.19. The minimum Gasteiger partial charge on any atom is -0.343 e. The molecule has 0 saturated carbocycles. The number of halogens is 1. The first-order valence-electron chi connectivity index (χ1n) is 8.76. The third kappa shape index (κ3) is 5.09. The molecule has 0 aromatic heterocycles. The molecule has 0 aliphatic rings. The lowest BCUT2D eigenvalue weighted by Crippen LogP contribution is -2.33. The Labute approximate surface area is 159 Å². The van der Waals surface area contributed by atoms with E-state index in [1.165, 1.54) is 0 Å². The second kappa shape index (κ2) is 8.86. The lowest BCUT2D eigenvalue weighted by molar-refractivity contribution is -0.115. The molecule has 0 unspecified atom stereocenters. The molecule has 26 heavy (non-hydrogen) atoms. The molecule has 2 amide bonds. The van der Waals surface area contributed by atoms with Gasteiger partial charge in [-0.25, -0.2) is 0 Å². The largest absolute Gasteiger partial charge is 0.343 e. The molecule has 0 fully saturated rings. The van der Waals surface area contributed by atoms with Crippen LogP contribution in [-0.4, -0.2) is 18.4 Å². The maximum atomic E-state index is 12.4. The van der Waals surface area contributed by atoms with Crippen LogP contribution in [0.4, 0.5) is 5.69 Å². The number of carbonyl (C=O) groups excluding carboxylic acids is 2. The highest BCUT2D eigenvalue weighted by Gasteiger charge is 2.16. The van der Waals surface area contributed by atoms with E-state index >= 15 is 0 Å². The molecule has 2 aromatic carbocycles. The van der Waals surface area contributed by atoms with Gasteiger partial charge in [0.25, 0.3) is 5.91 Å². The summed E-state index contributed by atoms with van der Waals surface area (Å²) in [5.41, 5.74) is 3.50. The van der Waals surface area contributed by atoms with E-state index in [0.717, 1.165) is 16.8 Å². The second-order valence-electron chi connectivity index (χ2n) is 6.86. The summed E-state index contributed by atoms with van der Waals surface area (Å²) in [6.45, 7) is 8.29. The van der Waals surface area contributed by atoms with Crippen LogP contribution in [-0.2, 0) is 4.79 Å². The minimum absolute atomic E-state index is 0.0918. The minimum atomic E-state index is -0.307. The third-order valence-electron chi connectivity index (χ3n) is 4.15. The number of benzene rings is 2. The Morgan fingerprint density at radius 1 is 0.923 bits per heavy atom. The predicted octanol–water partition coefficient (Wildman–Crippen LogP) is 4.96. The molecule has 0 spiro atoms. The predicted molar refractivity (Wildman–Crippen MR) is 107 cm³/mol. The van der Waals surface area contributed by atoms with Crippen LogP contribution in [0.5, 0.6) is 0 Å². The fraction of sp³-hybridized carbons (Fsp3) is 0.333. The van der Waals surface area contributed by atoms with Crippen molar-refractivity contribution in [1.29, 1.82) is 0 Å². The van der Waals surface area contributed by atoms with Gasteiger partial charge in [0.15, 0.2) is 0 Å². The van der Waals surface area contributed by atoms with Gasteiger partial charge < -0.3 is 10.6 Å². The lowest BCUT2D eigenvalue weighted by atomic mass is 9.92. The Bertz CT molecular complexity index is 757. The van der Waals surface area contributed by atoms with Crippen LogP contribution >= 0.6 is 11.6 Å². The van der Waals surface area contributed by atoms with E-state index in [4.69, 9.17) is 11.6 Å². The molecular weight excluding hydrogens is 348 g/mol. The van der Waals surface area contributed by atoms with E-state index in [2.05, 4.69) is 38.3 Å². The molecule has 5 heteroatoms. The quantitative estimate of drug-likeness (QED) is 0.753. The highest BCUT2D eigenvalue weighted by Crippen LogP contribution is 2.32. The molecule has 2 rings (SSSR count). The highest BCUT2D eigenvalue weighted by atomic mass is 35.5. The smallest absolute Gasteiger partial charge is 0.251 e. The summed E-state index contributed by atoms with van der Waals surface area (Å²) < 4.78 is 0. The molecular formula is C21H25ClN2O2. The number of hydrogen-bond donors (Lipinski definition) is 2. The van der Waals surface area contributed by atoms with Gasteiger partial charge in [0.2, 0.25) is 5.91 Å². The van der Waals surface area contributed by atoms with Crippen LogP contribution in [0.1, 0.15) is 61.0 Å². The zero-order valence-corrected chi connectivity index (χ0v) is 16.4. The van der Waals surface area contributed by atoms with E-state index < -0.39 is 0 Å². The van der Waals surface area contributed by atoms with Gasteiger partial charge in [0.05, 0.1) is 6.54 Å². The summed E-state index contributed by atoms with van der Waals surface area (Å²) in [7, 11) is 0. The van der Waals surface area contributed by atoms with Crippen molar-refractivity contribution in [3.8, 4) is 0 Å². The van der Waals surface area contributed by atoms with Crippen molar-refractivity contribution >= 4 is 29.1 Å². The molecule has 0 saturated heterocycles. The van der Waals surface area contributed by atoms with Gasteiger partial charge in [-0.1, -0.05) is 57.5 Å². The topological polar surface area (TPSA) is 58.2 Å². The summed E-state index contributed by atoms with van der Waals surface area (Å²) >= 11 is 5.82. The van der Waals surface area contributed by atoms with Crippen LogP contribution < -0.4 is 10.6 Å². The van der Waals surface area contributed by atoms with E-state index in [9.17, 15) is 9.59 Å². The van der Waals surface area contributed by atoms with E-state index in [1.807, 2.05) is 18.2 Å². The van der Waals surface area contributed by atoms with E-state index in [0.29, 0.717) is 10.6 Å². The normalized spacial score (nSPS) is 10.9. The highest BCUT2D eigenvalue weighted by molar-refractivity contribution is 6.30. The SMILES string of the molecule is CC(C)c1cccc(C(C)C)c1NC(=O)CNC(=O)c1ccc(Cl)cc1. The Morgan fingerprint density at radius 2 is 1.46 bits per heavy atom. The van der Waals surface area contributed by atoms with Crippen LogP contribution in [0, 0.1) is 0 Å². The van der Waals surface area contributed by atoms with E-state index in [-0.39, 0.29) is 30.2 Å². The molecule has 0 atom stereocenters. The van der Waals surface area contributed by atoms with Crippen molar-refractivity contribution in [3.05, 3.63) is 64.2 Å². The van der Waals surface area contributed by atoms with Crippen molar-refractivity contribution in [2.45, 2.75) is 39.5 Å². The van der Waals surface area contributed by atoms with Gasteiger partial charge in [-0.2, -0.15) is 0 Å². The van der Waals surface area contributed by atoms with Crippen molar-refractivity contribution in [2.75, 3.05) is 11.9 Å². The van der Waals surface area contributed by atoms with Crippen molar-refractivity contribution in [2.24, 2.45) is 0 Å². The van der Waals surface area contributed by atoms with Gasteiger partial charge in [-0.05, 0) is 47.2 Å². The molecule has 0 aliphatic heterocycles. The number of para-hydroxylation sites is 1. The summed E-state index contributed by atoms with van der Waals surface area (Å²) in [6, 6.07) is 12.6. The first-order chi connectivity index (χ1) is 12.3.